The third-order valence-corrected chi connectivity index (χ3v) is 3.82. The average Bonchev–Trinajstić information content (AvgIpc) is 2.69. The molecule has 0 spiro atoms. The van der Waals surface area contributed by atoms with Gasteiger partial charge in [0.1, 0.15) is 11.4 Å². The summed E-state index contributed by atoms with van der Waals surface area (Å²) >= 11 is 0. The van der Waals surface area contributed by atoms with Crippen molar-refractivity contribution < 1.29 is 14.3 Å². The van der Waals surface area contributed by atoms with Crippen LogP contribution in [0, 0.1) is 0 Å². The molecule has 0 fully saturated rings. The van der Waals surface area contributed by atoms with Crippen LogP contribution in [0.3, 0.4) is 0 Å². The van der Waals surface area contributed by atoms with Gasteiger partial charge in [-0.2, -0.15) is 0 Å². The van der Waals surface area contributed by atoms with Crippen molar-refractivity contribution in [3.05, 3.63) is 71.4 Å². The Morgan fingerprint density at radius 2 is 1.70 bits per heavy atom. The quantitative estimate of drug-likeness (QED) is 0.524. The van der Waals surface area contributed by atoms with Gasteiger partial charge in [0.05, 0.1) is 6.61 Å². The van der Waals surface area contributed by atoms with Gasteiger partial charge in [0.15, 0.2) is 0 Å². The molecule has 2 aromatic rings. The fraction of sp³-hybridized carbons (Fsp3) is 0.273. The van der Waals surface area contributed by atoms with Gasteiger partial charge in [-0.05, 0) is 49.2 Å². The number of likely N-dealkylation sites (N-methyl/N-ethyl adjacent to an activating group) is 1. The standard InChI is InChI=1S/C22H26N2O3/c1-3-5-15-27-19-13-11-18(12-14-19)21(25)24-20(22(26)23-4-2)16-17-9-7-6-8-10-17/h6-14,16H,3-5,15H2,1-2H3,(H,23,26)(H,24,25)/b20-16+. The molecule has 0 aliphatic heterocycles. The molecule has 0 atom stereocenters. The van der Waals surface area contributed by atoms with E-state index in [1.807, 2.05) is 37.3 Å². The largest absolute Gasteiger partial charge is 0.494 e. The van der Waals surface area contributed by atoms with Gasteiger partial charge in [-0.3, -0.25) is 9.59 Å². The van der Waals surface area contributed by atoms with Crippen LogP contribution in [0.15, 0.2) is 60.3 Å². The average molecular weight is 366 g/mol. The molecule has 0 aromatic heterocycles. The zero-order valence-corrected chi connectivity index (χ0v) is 15.8. The maximum absolute atomic E-state index is 12.6. The number of unbranched alkanes of at least 4 members (excludes halogenated alkanes) is 1. The molecule has 142 valence electrons. The molecule has 0 saturated heterocycles. The van der Waals surface area contributed by atoms with E-state index < -0.39 is 0 Å². The summed E-state index contributed by atoms with van der Waals surface area (Å²) in [6, 6.07) is 16.3. The zero-order valence-electron chi connectivity index (χ0n) is 15.8. The van der Waals surface area contributed by atoms with E-state index in [9.17, 15) is 9.59 Å². The maximum atomic E-state index is 12.6. The Kier molecular flexibility index (Phi) is 8.10. The minimum atomic E-state index is -0.344. The summed E-state index contributed by atoms with van der Waals surface area (Å²) in [4.78, 5) is 24.9. The van der Waals surface area contributed by atoms with Gasteiger partial charge >= 0.3 is 0 Å². The Bertz CT molecular complexity index is 768. The highest BCUT2D eigenvalue weighted by molar-refractivity contribution is 6.05. The first-order valence-electron chi connectivity index (χ1n) is 9.23. The lowest BCUT2D eigenvalue weighted by Gasteiger charge is -2.11. The van der Waals surface area contributed by atoms with Gasteiger partial charge in [0, 0.05) is 12.1 Å². The number of nitrogens with one attached hydrogen (secondary N) is 2. The lowest BCUT2D eigenvalue weighted by molar-refractivity contribution is -0.117. The summed E-state index contributed by atoms with van der Waals surface area (Å²) in [5.41, 5.74) is 1.50. The van der Waals surface area contributed by atoms with E-state index in [0.717, 1.165) is 24.2 Å². The first-order chi connectivity index (χ1) is 13.1. The molecule has 2 amide bonds. The predicted molar refractivity (Wildman–Crippen MR) is 107 cm³/mol. The van der Waals surface area contributed by atoms with Crippen molar-refractivity contribution in [2.75, 3.05) is 13.2 Å². The van der Waals surface area contributed by atoms with Crippen LogP contribution in [0.25, 0.3) is 6.08 Å². The van der Waals surface area contributed by atoms with Crippen molar-refractivity contribution >= 4 is 17.9 Å². The Balaban J connectivity index is 2.11. The molecule has 0 heterocycles. The number of ether oxygens (including phenoxy) is 1. The van der Waals surface area contributed by atoms with E-state index in [1.54, 1.807) is 30.3 Å². The molecule has 0 radical (unpaired) electrons. The summed E-state index contributed by atoms with van der Waals surface area (Å²) in [6.07, 6.45) is 3.71. The third-order valence-electron chi connectivity index (χ3n) is 3.82. The summed E-state index contributed by atoms with van der Waals surface area (Å²) in [7, 11) is 0. The van der Waals surface area contributed by atoms with Crippen molar-refractivity contribution in [3.8, 4) is 5.75 Å². The van der Waals surface area contributed by atoms with E-state index in [-0.39, 0.29) is 17.5 Å². The van der Waals surface area contributed by atoms with Crippen LogP contribution in [-0.2, 0) is 4.79 Å². The Hall–Kier alpha value is -3.08. The molecule has 2 rings (SSSR count). The highest BCUT2D eigenvalue weighted by atomic mass is 16.5. The van der Waals surface area contributed by atoms with Crippen LogP contribution >= 0.6 is 0 Å². The summed E-state index contributed by atoms with van der Waals surface area (Å²) in [5, 5.41) is 5.43. The molecule has 0 aliphatic carbocycles. The van der Waals surface area contributed by atoms with Gasteiger partial charge in [-0.1, -0.05) is 43.7 Å². The first-order valence-corrected chi connectivity index (χ1v) is 9.23. The predicted octanol–water partition coefficient (Wildman–Crippen LogP) is 3.77. The first kappa shape index (κ1) is 20.2. The topological polar surface area (TPSA) is 67.4 Å². The molecule has 0 unspecified atom stereocenters. The molecule has 2 N–H and O–H groups in total. The van der Waals surface area contributed by atoms with Crippen LogP contribution in [0.4, 0.5) is 0 Å². The Morgan fingerprint density at radius 3 is 2.33 bits per heavy atom. The van der Waals surface area contributed by atoms with Crippen molar-refractivity contribution in [2.24, 2.45) is 0 Å². The van der Waals surface area contributed by atoms with Crippen LogP contribution in [0.1, 0.15) is 42.6 Å². The van der Waals surface area contributed by atoms with E-state index >= 15 is 0 Å². The number of rotatable bonds is 9. The number of carbonyl (C=O) groups is 2. The minimum absolute atomic E-state index is 0.205. The molecule has 2 aromatic carbocycles. The second kappa shape index (κ2) is 10.8. The fourth-order valence-corrected chi connectivity index (χ4v) is 2.36. The lowest BCUT2D eigenvalue weighted by Crippen LogP contribution is -2.34. The number of hydrogen-bond acceptors (Lipinski definition) is 3. The van der Waals surface area contributed by atoms with Crippen LogP contribution < -0.4 is 15.4 Å². The van der Waals surface area contributed by atoms with E-state index in [1.165, 1.54) is 0 Å². The molecular formula is C22H26N2O3. The minimum Gasteiger partial charge on any atom is -0.494 e. The highest BCUT2D eigenvalue weighted by Crippen LogP contribution is 2.13. The van der Waals surface area contributed by atoms with E-state index in [2.05, 4.69) is 17.6 Å². The second-order valence-corrected chi connectivity index (χ2v) is 6.01. The summed E-state index contributed by atoms with van der Waals surface area (Å²) in [6.45, 7) is 5.07. The smallest absolute Gasteiger partial charge is 0.267 e. The number of hydrogen-bond donors (Lipinski definition) is 2. The Morgan fingerprint density at radius 1 is 1.00 bits per heavy atom. The van der Waals surface area contributed by atoms with Crippen molar-refractivity contribution in [1.82, 2.24) is 10.6 Å². The van der Waals surface area contributed by atoms with E-state index in [4.69, 9.17) is 4.74 Å². The van der Waals surface area contributed by atoms with Gasteiger partial charge in [0.2, 0.25) is 0 Å². The molecule has 0 aliphatic rings. The molecule has 27 heavy (non-hydrogen) atoms. The SMILES string of the molecule is CCCCOc1ccc(C(=O)N/C(=C/c2ccccc2)C(=O)NCC)cc1. The molecule has 5 heteroatoms. The third kappa shape index (κ3) is 6.62. The second-order valence-electron chi connectivity index (χ2n) is 6.01. The lowest BCUT2D eigenvalue weighted by atomic mass is 10.1. The molecule has 0 saturated carbocycles. The normalized spacial score (nSPS) is 11.0. The zero-order chi connectivity index (χ0) is 19.5. The number of carbonyl (C=O) groups excluding carboxylic acids is 2. The highest BCUT2D eigenvalue weighted by Gasteiger charge is 2.14. The van der Waals surface area contributed by atoms with Gasteiger partial charge in [-0.15, -0.1) is 0 Å². The van der Waals surface area contributed by atoms with Crippen LogP contribution in [-0.4, -0.2) is 25.0 Å². The van der Waals surface area contributed by atoms with Crippen molar-refractivity contribution in [3.63, 3.8) is 0 Å². The van der Waals surface area contributed by atoms with Crippen LogP contribution in [0.5, 0.6) is 5.75 Å². The van der Waals surface area contributed by atoms with Crippen molar-refractivity contribution in [2.45, 2.75) is 26.7 Å². The number of amides is 2. The maximum Gasteiger partial charge on any atom is 0.267 e. The molecular weight excluding hydrogens is 340 g/mol. The monoisotopic (exact) mass is 366 g/mol. The summed E-state index contributed by atoms with van der Waals surface area (Å²) < 4.78 is 5.60. The Labute approximate surface area is 160 Å². The van der Waals surface area contributed by atoms with Gasteiger partial charge < -0.3 is 15.4 Å². The number of benzene rings is 2. The molecule has 5 nitrogen and oxygen atoms in total. The fourth-order valence-electron chi connectivity index (χ4n) is 2.36. The molecule has 0 bridgehead atoms. The van der Waals surface area contributed by atoms with Crippen LogP contribution in [0.2, 0.25) is 0 Å². The van der Waals surface area contributed by atoms with E-state index in [0.29, 0.717) is 18.7 Å². The summed E-state index contributed by atoms with van der Waals surface area (Å²) in [5.74, 6) is 0.0570. The van der Waals surface area contributed by atoms with Gasteiger partial charge in [0.25, 0.3) is 11.8 Å². The van der Waals surface area contributed by atoms with Gasteiger partial charge in [-0.25, -0.2) is 0 Å². The van der Waals surface area contributed by atoms with Crippen molar-refractivity contribution in [1.29, 1.82) is 0 Å².